The van der Waals surface area contributed by atoms with Crippen molar-refractivity contribution in [1.29, 1.82) is 0 Å². The maximum absolute atomic E-state index is 5.96. The van der Waals surface area contributed by atoms with Gasteiger partial charge in [0, 0.05) is 10.6 Å². The Morgan fingerprint density at radius 2 is 2.12 bits per heavy atom. The number of nitrogens with zero attached hydrogens (tertiary/aromatic N) is 1. The second-order valence-corrected chi connectivity index (χ2v) is 4.81. The number of imidazole rings is 1. The van der Waals surface area contributed by atoms with E-state index >= 15 is 0 Å². The lowest BCUT2D eigenvalue weighted by atomic mass is 10.1. The third kappa shape index (κ3) is 2.26. The van der Waals surface area contributed by atoms with Crippen LogP contribution in [0, 0.1) is 0 Å². The van der Waals surface area contributed by atoms with Gasteiger partial charge in [-0.05, 0) is 26.0 Å². The number of rotatable bonds is 2. The number of nitrogens with two attached hydrogens (primary N) is 1. The van der Waals surface area contributed by atoms with Crippen molar-refractivity contribution in [2.45, 2.75) is 19.4 Å². The van der Waals surface area contributed by atoms with Crippen LogP contribution in [0.2, 0.25) is 5.02 Å². The second-order valence-electron chi connectivity index (χ2n) is 4.38. The molecule has 0 fully saturated rings. The van der Waals surface area contributed by atoms with Gasteiger partial charge in [0.2, 0.25) is 0 Å². The average Bonchev–Trinajstić information content (AvgIpc) is 2.65. The molecule has 2 aromatic rings. The maximum atomic E-state index is 5.96. The smallest absolute Gasteiger partial charge is 0.126 e. The van der Waals surface area contributed by atoms with Crippen molar-refractivity contribution >= 4 is 11.6 Å². The summed E-state index contributed by atoms with van der Waals surface area (Å²) >= 11 is 5.93. The van der Waals surface area contributed by atoms with Crippen LogP contribution in [0.1, 0.15) is 19.7 Å². The summed E-state index contributed by atoms with van der Waals surface area (Å²) in [5.41, 5.74) is 7.43. The van der Waals surface area contributed by atoms with E-state index in [4.69, 9.17) is 17.3 Å². The fraction of sp³-hybridized carbons (Fsp3) is 0.250. The van der Waals surface area contributed by atoms with Gasteiger partial charge in [0.1, 0.15) is 5.82 Å². The third-order valence-corrected chi connectivity index (χ3v) is 2.56. The molecule has 0 saturated carbocycles. The molecule has 1 aromatic heterocycles. The van der Waals surface area contributed by atoms with Gasteiger partial charge < -0.3 is 10.7 Å². The van der Waals surface area contributed by atoms with E-state index in [9.17, 15) is 0 Å². The zero-order valence-corrected chi connectivity index (χ0v) is 10.0. The number of benzene rings is 1. The molecule has 0 amide bonds. The lowest BCUT2D eigenvalue weighted by molar-refractivity contribution is 0.520. The summed E-state index contributed by atoms with van der Waals surface area (Å²) < 4.78 is 0. The number of aromatic nitrogens is 2. The predicted octanol–water partition coefficient (Wildman–Crippen LogP) is 2.92. The summed E-state index contributed by atoms with van der Waals surface area (Å²) in [7, 11) is 0. The summed E-state index contributed by atoms with van der Waals surface area (Å²) in [6, 6.07) is 7.62. The van der Waals surface area contributed by atoms with Crippen LogP contribution in [0.15, 0.2) is 30.5 Å². The van der Waals surface area contributed by atoms with Gasteiger partial charge in [-0.15, -0.1) is 0 Å². The molecule has 0 bridgehead atoms. The van der Waals surface area contributed by atoms with Crippen LogP contribution >= 0.6 is 11.6 Å². The van der Waals surface area contributed by atoms with Gasteiger partial charge in [0.05, 0.1) is 17.4 Å². The fourth-order valence-electron chi connectivity index (χ4n) is 1.45. The monoisotopic (exact) mass is 235 g/mol. The average molecular weight is 236 g/mol. The van der Waals surface area contributed by atoms with Crippen LogP contribution in [0.3, 0.4) is 0 Å². The highest BCUT2D eigenvalue weighted by atomic mass is 35.5. The first-order chi connectivity index (χ1) is 7.47. The summed E-state index contributed by atoms with van der Waals surface area (Å²) in [6.07, 6.45) is 1.77. The topological polar surface area (TPSA) is 54.7 Å². The van der Waals surface area contributed by atoms with Gasteiger partial charge in [-0.1, -0.05) is 23.7 Å². The van der Waals surface area contributed by atoms with Gasteiger partial charge in [-0.2, -0.15) is 0 Å². The Morgan fingerprint density at radius 1 is 1.38 bits per heavy atom. The molecule has 0 spiro atoms. The molecule has 3 nitrogen and oxygen atoms in total. The van der Waals surface area contributed by atoms with E-state index in [0.717, 1.165) is 17.1 Å². The van der Waals surface area contributed by atoms with Crippen LogP contribution in [0.5, 0.6) is 0 Å². The minimum Gasteiger partial charge on any atom is -0.340 e. The fourth-order valence-corrected chi connectivity index (χ4v) is 1.64. The zero-order valence-electron chi connectivity index (χ0n) is 9.29. The molecule has 0 aliphatic carbocycles. The Labute approximate surface area is 99.7 Å². The third-order valence-electron chi connectivity index (χ3n) is 2.32. The Kier molecular flexibility index (Phi) is 2.74. The molecule has 0 radical (unpaired) electrons. The van der Waals surface area contributed by atoms with E-state index in [1.807, 2.05) is 38.1 Å². The molecule has 0 aliphatic heterocycles. The predicted molar refractivity (Wildman–Crippen MR) is 66.2 cm³/mol. The van der Waals surface area contributed by atoms with E-state index in [0.29, 0.717) is 5.02 Å². The Bertz CT molecular complexity index is 497. The standard InChI is InChI=1S/C12H14ClN3/c1-12(2,14)11-15-7-10(16-11)8-4-3-5-9(13)6-8/h3-7H,14H2,1-2H3,(H,15,16). The van der Waals surface area contributed by atoms with Gasteiger partial charge in [0.15, 0.2) is 0 Å². The molecule has 84 valence electrons. The van der Waals surface area contributed by atoms with Crippen molar-refractivity contribution in [2.24, 2.45) is 5.73 Å². The lowest BCUT2D eigenvalue weighted by Gasteiger charge is -2.14. The summed E-state index contributed by atoms with van der Waals surface area (Å²) in [6.45, 7) is 3.82. The van der Waals surface area contributed by atoms with Crippen molar-refractivity contribution in [1.82, 2.24) is 9.97 Å². The van der Waals surface area contributed by atoms with Crippen LogP contribution < -0.4 is 5.73 Å². The van der Waals surface area contributed by atoms with Crippen LogP contribution in [0.4, 0.5) is 0 Å². The van der Waals surface area contributed by atoms with Crippen molar-refractivity contribution < 1.29 is 0 Å². The molecule has 4 heteroatoms. The molecule has 1 heterocycles. The first-order valence-electron chi connectivity index (χ1n) is 5.07. The van der Waals surface area contributed by atoms with Crippen LogP contribution in [-0.2, 0) is 5.54 Å². The molecule has 0 aliphatic rings. The number of hydrogen-bond acceptors (Lipinski definition) is 2. The highest BCUT2D eigenvalue weighted by molar-refractivity contribution is 6.30. The Balaban J connectivity index is 2.39. The molecule has 2 rings (SSSR count). The largest absolute Gasteiger partial charge is 0.340 e. The van der Waals surface area contributed by atoms with Gasteiger partial charge in [-0.3, -0.25) is 0 Å². The van der Waals surface area contributed by atoms with Crippen LogP contribution in [0.25, 0.3) is 11.3 Å². The van der Waals surface area contributed by atoms with Crippen LogP contribution in [-0.4, -0.2) is 9.97 Å². The highest BCUT2D eigenvalue weighted by Gasteiger charge is 2.18. The first-order valence-corrected chi connectivity index (χ1v) is 5.45. The minimum atomic E-state index is -0.461. The number of nitrogens with one attached hydrogen (secondary N) is 1. The molecular weight excluding hydrogens is 222 g/mol. The molecule has 3 N–H and O–H groups in total. The number of aromatic amines is 1. The maximum Gasteiger partial charge on any atom is 0.126 e. The van der Waals surface area contributed by atoms with E-state index in [2.05, 4.69) is 9.97 Å². The molecule has 16 heavy (non-hydrogen) atoms. The van der Waals surface area contributed by atoms with E-state index in [1.165, 1.54) is 0 Å². The number of halogens is 1. The number of H-pyrrole nitrogens is 1. The van der Waals surface area contributed by atoms with Gasteiger partial charge in [-0.25, -0.2) is 4.98 Å². The van der Waals surface area contributed by atoms with E-state index < -0.39 is 5.54 Å². The Morgan fingerprint density at radius 3 is 2.69 bits per heavy atom. The van der Waals surface area contributed by atoms with Crippen molar-refractivity contribution in [2.75, 3.05) is 0 Å². The zero-order chi connectivity index (χ0) is 11.8. The lowest BCUT2D eigenvalue weighted by Crippen LogP contribution is -2.30. The minimum absolute atomic E-state index is 0.461. The van der Waals surface area contributed by atoms with E-state index in [-0.39, 0.29) is 0 Å². The van der Waals surface area contributed by atoms with Crippen molar-refractivity contribution in [3.8, 4) is 11.3 Å². The van der Waals surface area contributed by atoms with E-state index in [1.54, 1.807) is 6.20 Å². The first kappa shape index (κ1) is 11.2. The SMILES string of the molecule is CC(C)(N)c1ncc(-c2cccc(Cl)c2)[nH]1. The highest BCUT2D eigenvalue weighted by Crippen LogP contribution is 2.23. The second kappa shape index (κ2) is 3.92. The summed E-state index contributed by atoms with van der Waals surface area (Å²) in [4.78, 5) is 7.47. The van der Waals surface area contributed by atoms with Gasteiger partial charge >= 0.3 is 0 Å². The molecular formula is C12H14ClN3. The van der Waals surface area contributed by atoms with Crippen molar-refractivity contribution in [3.05, 3.63) is 41.3 Å². The number of hydrogen-bond donors (Lipinski definition) is 2. The Hall–Kier alpha value is -1.32. The normalized spacial score (nSPS) is 11.8. The molecule has 1 aromatic carbocycles. The molecule has 0 unspecified atom stereocenters. The molecule has 0 atom stereocenters. The summed E-state index contributed by atoms with van der Waals surface area (Å²) in [5, 5.41) is 0.709. The molecule has 0 saturated heterocycles. The summed E-state index contributed by atoms with van der Waals surface area (Å²) in [5.74, 6) is 0.766. The van der Waals surface area contributed by atoms with Crippen molar-refractivity contribution in [3.63, 3.8) is 0 Å². The quantitative estimate of drug-likeness (QED) is 0.841. The van der Waals surface area contributed by atoms with Gasteiger partial charge in [0.25, 0.3) is 0 Å².